The van der Waals surface area contributed by atoms with Gasteiger partial charge in [0.25, 0.3) is 0 Å². The number of ether oxygens (including phenoxy) is 1. The van der Waals surface area contributed by atoms with Crippen LogP contribution in [0.2, 0.25) is 0 Å². The summed E-state index contributed by atoms with van der Waals surface area (Å²) in [5, 5.41) is 9.16. The van der Waals surface area contributed by atoms with Crippen molar-refractivity contribution in [3.8, 4) is 11.8 Å². The molecule has 2 aliphatic carbocycles. The maximum atomic E-state index is 9.16. The number of nitriles is 1. The Labute approximate surface area is 109 Å². The van der Waals surface area contributed by atoms with E-state index in [-0.39, 0.29) is 12.0 Å². The first kappa shape index (κ1) is 11.6. The maximum Gasteiger partial charge on any atom is 0.120 e. The van der Waals surface area contributed by atoms with E-state index in [1.807, 2.05) is 0 Å². The van der Waals surface area contributed by atoms with Crippen LogP contribution in [0.25, 0.3) is 0 Å². The second-order valence-corrected chi connectivity index (χ2v) is 5.46. The minimum Gasteiger partial charge on any atom is -0.489 e. The lowest BCUT2D eigenvalue weighted by molar-refractivity contribution is 0.120. The van der Waals surface area contributed by atoms with Crippen molar-refractivity contribution in [3.63, 3.8) is 0 Å². The lowest BCUT2D eigenvalue weighted by Crippen LogP contribution is -2.29. The SMILES string of the molecule is N#CC1CCCCC1Oc1ccc2c(c1)CCC2. The van der Waals surface area contributed by atoms with Gasteiger partial charge in [-0.3, -0.25) is 0 Å². The van der Waals surface area contributed by atoms with Gasteiger partial charge in [0.1, 0.15) is 11.9 Å². The summed E-state index contributed by atoms with van der Waals surface area (Å²) in [4.78, 5) is 0. The van der Waals surface area contributed by atoms with Crippen LogP contribution in [0.15, 0.2) is 18.2 Å². The Morgan fingerprint density at radius 1 is 1.06 bits per heavy atom. The Balaban J connectivity index is 1.74. The molecule has 0 saturated heterocycles. The Kier molecular flexibility index (Phi) is 3.23. The van der Waals surface area contributed by atoms with Crippen molar-refractivity contribution in [1.29, 1.82) is 5.26 Å². The Bertz CT molecular complexity index is 474. The van der Waals surface area contributed by atoms with Crippen molar-refractivity contribution in [1.82, 2.24) is 0 Å². The monoisotopic (exact) mass is 241 g/mol. The molecule has 18 heavy (non-hydrogen) atoms. The summed E-state index contributed by atoms with van der Waals surface area (Å²) in [5.74, 6) is 1.04. The molecule has 2 nitrogen and oxygen atoms in total. The first-order valence-electron chi connectivity index (χ1n) is 7.05. The number of nitrogens with zero attached hydrogens (tertiary/aromatic N) is 1. The third-order valence-electron chi connectivity index (χ3n) is 4.23. The van der Waals surface area contributed by atoms with Crippen LogP contribution in [0.5, 0.6) is 5.75 Å². The topological polar surface area (TPSA) is 33.0 Å². The second-order valence-electron chi connectivity index (χ2n) is 5.46. The summed E-state index contributed by atoms with van der Waals surface area (Å²) in [5.41, 5.74) is 2.92. The summed E-state index contributed by atoms with van der Waals surface area (Å²) in [6.45, 7) is 0. The van der Waals surface area contributed by atoms with Gasteiger partial charge in [0, 0.05) is 0 Å². The highest BCUT2D eigenvalue weighted by atomic mass is 16.5. The van der Waals surface area contributed by atoms with Crippen molar-refractivity contribution in [2.24, 2.45) is 5.92 Å². The van der Waals surface area contributed by atoms with Gasteiger partial charge >= 0.3 is 0 Å². The first-order chi connectivity index (χ1) is 8.86. The van der Waals surface area contributed by atoms with Crippen molar-refractivity contribution in [3.05, 3.63) is 29.3 Å². The van der Waals surface area contributed by atoms with Crippen LogP contribution in [0.3, 0.4) is 0 Å². The zero-order valence-electron chi connectivity index (χ0n) is 10.7. The van der Waals surface area contributed by atoms with Crippen LogP contribution in [0.4, 0.5) is 0 Å². The third-order valence-corrected chi connectivity index (χ3v) is 4.23. The smallest absolute Gasteiger partial charge is 0.120 e. The molecule has 2 heteroatoms. The Hall–Kier alpha value is -1.49. The molecule has 2 atom stereocenters. The molecular formula is C16H19NO. The van der Waals surface area contributed by atoms with E-state index in [4.69, 9.17) is 10.00 Å². The number of hydrogen-bond donors (Lipinski definition) is 0. The fourth-order valence-electron chi connectivity index (χ4n) is 3.18. The molecule has 0 N–H and O–H groups in total. The molecule has 0 aromatic heterocycles. The first-order valence-corrected chi connectivity index (χ1v) is 7.05. The summed E-state index contributed by atoms with van der Waals surface area (Å²) < 4.78 is 6.06. The molecule has 2 unspecified atom stereocenters. The number of rotatable bonds is 2. The number of aryl methyl sites for hydroxylation is 2. The summed E-state index contributed by atoms with van der Waals surface area (Å²) in [7, 11) is 0. The van der Waals surface area contributed by atoms with E-state index in [0.29, 0.717) is 0 Å². The van der Waals surface area contributed by atoms with Crippen LogP contribution in [-0.2, 0) is 12.8 Å². The second kappa shape index (κ2) is 5.02. The summed E-state index contributed by atoms with van der Waals surface area (Å²) in [6, 6.07) is 8.86. The molecule has 1 aromatic carbocycles. The lowest BCUT2D eigenvalue weighted by Gasteiger charge is -2.27. The van der Waals surface area contributed by atoms with Gasteiger partial charge in [-0.05, 0) is 61.8 Å². The fourth-order valence-corrected chi connectivity index (χ4v) is 3.18. The lowest BCUT2D eigenvalue weighted by atomic mass is 9.87. The van der Waals surface area contributed by atoms with Crippen LogP contribution in [0, 0.1) is 17.2 Å². The van der Waals surface area contributed by atoms with Crippen molar-refractivity contribution in [2.75, 3.05) is 0 Å². The molecule has 1 saturated carbocycles. The van der Waals surface area contributed by atoms with Crippen LogP contribution < -0.4 is 4.74 Å². The molecule has 0 aliphatic heterocycles. The largest absolute Gasteiger partial charge is 0.489 e. The van der Waals surface area contributed by atoms with Gasteiger partial charge < -0.3 is 4.74 Å². The highest BCUT2D eigenvalue weighted by Gasteiger charge is 2.26. The number of benzene rings is 1. The maximum absolute atomic E-state index is 9.16. The molecule has 0 amide bonds. The van der Waals surface area contributed by atoms with Gasteiger partial charge in [0.2, 0.25) is 0 Å². The molecule has 1 fully saturated rings. The predicted octanol–water partition coefficient (Wildman–Crippen LogP) is 3.64. The van der Waals surface area contributed by atoms with E-state index in [9.17, 15) is 0 Å². The van der Waals surface area contributed by atoms with Gasteiger partial charge in [-0.2, -0.15) is 5.26 Å². The molecule has 0 spiro atoms. The van der Waals surface area contributed by atoms with Crippen LogP contribution in [0.1, 0.15) is 43.2 Å². The highest BCUT2D eigenvalue weighted by molar-refractivity contribution is 5.38. The number of hydrogen-bond acceptors (Lipinski definition) is 2. The van der Waals surface area contributed by atoms with E-state index < -0.39 is 0 Å². The van der Waals surface area contributed by atoms with Crippen LogP contribution >= 0.6 is 0 Å². The van der Waals surface area contributed by atoms with Gasteiger partial charge in [-0.25, -0.2) is 0 Å². The average Bonchev–Trinajstić information content (AvgIpc) is 2.87. The third kappa shape index (κ3) is 2.22. The molecule has 2 aliphatic rings. The molecule has 94 valence electrons. The van der Waals surface area contributed by atoms with Gasteiger partial charge in [-0.1, -0.05) is 12.5 Å². The van der Waals surface area contributed by atoms with E-state index in [1.165, 1.54) is 43.2 Å². The molecule has 3 rings (SSSR count). The van der Waals surface area contributed by atoms with Gasteiger partial charge in [-0.15, -0.1) is 0 Å². The van der Waals surface area contributed by atoms with E-state index in [1.54, 1.807) is 0 Å². The van der Waals surface area contributed by atoms with E-state index in [2.05, 4.69) is 24.3 Å². The normalized spacial score (nSPS) is 26.4. The molecule has 0 heterocycles. The summed E-state index contributed by atoms with van der Waals surface area (Å²) >= 11 is 0. The van der Waals surface area contributed by atoms with Gasteiger partial charge in [0.15, 0.2) is 0 Å². The zero-order valence-corrected chi connectivity index (χ0v) is 10.7. The minimum absolute atomic E-state index is 0.0759. The molecule has 0 bridgehead atoms. The van der Waals surface area contributed by atoms with Crippen molar-refractivity contribution < 1.29 is 4.74 Å². The minimum atomic E-state index is 0.0759. The Morgan fingerprint density at radius 2 is 1.89 bits per heavy atom. The average molecular weight is 241 g/mol. The molecule has 0 radical (unpaired) electrons. The van der Waals surface area contributed by atoms with Crippen LogP contribution in [-0.4, -0.2) is 6.10 Å². The highest BCUT2D eigenvalue weighted by Crippen LogP contribution is 2.31. The zero-order chi connectivity index (χ0) is 12.4. The summed E-state index contributed by atoms with van der Waals surface area (Å²) in [6.07, 6.45) is 8.13. The standard InChI is InChI=1S/C16H19NO/c17-11-14-4-1-2-7-16(14)18-15-9-8-12-5-3-6-13(12)10-15/h8-10,14,16H,1-7H2. The predicted molar refractivity (Wildman–Crippen MR) is 70.5 cm³/mol. The number of fused-ring (bicyclic) bond motifs is 1. The van der Waals surface area contributed by atoms with Gasteiger partial charge in [0.05, 0.1) is 12.0 Å². The van der Waals surface area contributed by atoms with E-state index >= 15 is 0 Å². The fraction of sp³-hybridized carbons (Fsp3) is 0.562. The van der Waals surface area contributed by atoms with E-state index in [0.717, 1.165) is 18.6 Å². The van der Waals surface area contributed by atoms with Crippen molar-refractivity contribution in [2.45, 2.75) is 51.0 Å². The molecule has 1 aromatic rings. The quantitative estimate of drug-likeness (QED) is 0.792. The molecular weight excluding hydrogens is 222 g/mol. The Morgan fingerprint density at radius 3 is 2.78 bits per heavy atom. The van der Waals surface area contributed by atoms with Crippen molar-refractivity contribution >= 4 is 0 Å².